The average Bonchev–Trinajstić information content (AvgIpc) is 2.36. The minimum absolute atomic E-state index is 0.0227. The number of fused-ring (bicyclic) bond motifs is 1. The van der Waals surface area contributed by atoms with E-state index in [2.05, 4.69) is 22.2 Å². The molecule has 1 aliphatic heterocycles. The van der Waals surface area contributed by atoms with E-state index in [4.69, 9.17) is 4.74 Å². The van der Waals surface area contributed by atoms with Crippen LogP contribution in [0.25, 0.3) is 0 Å². The van der Waals surface area contributed by atoms with Crippen molar-refractivity contribution < 1.29 is 4.74 Å². The molecule has 4 nitrogen and oxygen atoms in total. The number of aryl methyl sites for hydroxylation is 1. The predicted molar refractivity (Wildman–Crippen MR) is 62.2 cm³/mol. The molecule has 4 heteroatoms. The lowest BCUT2D eigenvalue weighted by molar-refractivity contribution is 0.111. The summed E-state index contributed by atoms with van der Waals surface area (Å²) >= 11 is 0. The van der Waals surface area contributed by atoms with Crippen LogP contribution >= 0.6 is 0 Å². The van der Waals surface area contributed by atoms with Crippen LogP contribution in [-0.4, -0.2) is 23.6 Å². The third kappa shape index (κ3) is 2.08. The Morgan fingerprint density at radius 2 is 2.25 bits per heavy atom. The summed E-state index contributed by atoms with van der Waals surface area (Å²) in [4.78, 5) is 9.22. The first-order chi connectivity index (χ1) is 7.76. The number of hydrogen-bond acceptors (Lipinski definition) is 4. The average molecular weight is 221 g/mol. The van der Waals surface area contributed by atoms with Crippen molar-refractivity contribution in [1.82, 2.24) is 15.3 Å². The molecule has 0 amide bonds. The highest BCUT2D eigenvalue weighted by Crippen LogP contribution is 2.20. The fourth-order valence-corrected chi connectivity index (χ4v) is 2.01. The fourth-order valence-electron chi connectivity index (χ4n) is 2.01. The van der Waals surface area contributed by atoms with E-state index >= 15 is 0 Å². The summed E-state index contributed by atoms with van der Waals surface area (Å²) in [7, 11) is 1.70. The van der Waals surface area contributed by atoms with Crippen molar-refractivity contribution in [1.29, 1.82) is 0 Å². The molecule has 0 radical (unpaired) electrons. The highest BCUT2D eigenvalue weighted by molar-refractivity contribution is 5.28. The molecule has 1 unspecified atom stereocenters. The van der Waals surface area contributed by atoms with Crippen LogP contribution < -0.4 is 5.32 Å². The van der Waals surface area contributed by atoms with Crippen LogP contribution in [0.5, 0.6) is 0 Å². The fraction of sp³-hybridized carbons (Fsp3) is 0.667. The normalized spacial score (nSPS) is 16.9. The van der Waals surface area contributed by atoms with Gasteiger partial charge in [0.1, 0.15) is 6.10 Å². The van der Waals surface area contributed by atoms with Crippen LogP contribution in [-0.2, 0) is 24.1 Å². The Labute approximate surface area is 96.4 Å². The van der Waals surface area contributed by atoms with Gasteiger partial charge < -0.3 is 10.1 Å². The lowest BCUT2D eigenvalue weighted by atomic mass is 10.0. The van der Waals surface area contributed by atoms with Gasteiger partial charge >= 0.3 is 0 Å². The number of nitrogens with zero attached hydrogens (tertiary/aromatic N) is 2. The Balaban J connectivity index is 2.43. The minimum atomic E-state index is -0.0227. The van der Waals surface area contributed by atoms with E-state index in [-0.39, 0.29) is 6.10 Å². The van der Waals surface area contributed by atoms with Gasteiger partial charge in [0, 0.05) is 37.9 Å². The molecular formula is C12H19N3O. The lowest BCUT2D eigenvalue weighted by Gasteiger charge is -2.20. The second-order valence-electron chi connectivity index (χ2n) is 4.11. The van der Waals surface area contributed by atoms with Gasteiger partial charge in [-0.25, -0.2) is 9.97 Å². The number of hydrogen-bond donors (Lipinski definition) is 1. The molecule has 0 saturated heterocycles. The van der Waals surface area contributed by atoms with E-state index in [0.717, 1.165) is 37.4 Å². The van der Waals surface area contributed by atoms with Crippen LogP contribution in [0.2, 0.25) is 0 Å². The molecule has 0 spiro atoms. The molecule has 0 bridgehead atoms. The molecule has 1 aliphatic rings. The Bertz CT molecular complexity index is 362. The number of nitrogens with one attached hydrogen (secondary N) is 1. The van der Waals surface area contributed by atoms with Crippen molar-refractivity contribution in [2.24, 2.45) is 0 Å². The summed E-state index contributed by atoms with van der Waals surface area (Å²) in [5.41, 5.74) is 3.65. The summed E-state index contributed by atoms with van der Waals surface area (Å²) in [6, 6.07) is 0. The maximum absolute atomic E-state index is 5.29. The molecule has 16 heavy (non-hydrogen) atoms. The second-order valence-corrected chi connectivity index (χ2v) is 4.11. The monoisotopic (exact) mass is 221 g/mol. The molecule has 1 N–H and O–H groups in total. The number of methoxy groups -OCH3 is 1. The summed E-state index contributed by atoms with van der Waals surface area (Å²) in [5.74, 6) is 0.819. The molecule has 1 aromatic rings. The molecule has 0 aromatic carbocycles. The van der Waals surface area contributed by atoms with Gasteiger partial charge in [-0.15, -0.1) is 0 Å². The SMILES string of the molecule is CCc1nc(C(C)OC)nc2c1CNCC2. The standard InChI is InChI=1S/C12H19N3O/c1-4-10-9-7-13-6-5-11(9)15-12(14-10)8(2)16-3/h8,13H,4-7H2,1-3H3. The van der Waals surface area contributed by atoms with Gasteiger partial charge in [0.15, 0.2) is 5.82 Å². The topological polar surface area (TPSA) is 47.0 Å². The Morgan fingerprint density at radius 3 is 2.94 bits per heavy atom. The zero-order valence-corrected chi connectivity index (χ0v) is 10.2. The largest absolute Gasteiger partial charge is 0.374 e. The van der Waals surface area contributed by atoms with Gasteiger partial charge in [0.2, 0.25) is 0 Å². The Morgan fingerprint density at radius 1 is 1.44 bits per heavy atom. The third-order valence-electron chi connectivity index (χ3n) is 3.09. The smallest absolute Gasteiger partial charge is 0.157 e. The summed E-state index contributed by atoms with van der Waals surface area (Å²) in [5, 5.41) is 3.37. The highest BCUT2D eigenvalue weighted by atomic mass is 16.5. The first-order valence-electron chi connectivity index (χ1n) is 5.88. The first-order valence-corrected chi connectivity index (χ1v) is 5.88. The zero-order chi connectivity index (χ0) is 11.5. The van der Waals surface area contributed by atoms with Gasteiger partial charge in [0.25, 0.3) is 0 Å². The predicted octanol–water partition coefficient (Wildman–Crippen LogP) is 1.39. The van der Waals surface area contributed by atoms with Crippen molar-refractivity contribution in [3.63, 3.8) is 0 Å². The van der Waals surface area contributed by atoms with Gasteiger partial charge in [-0.1, -0.05) is 6.92 Å². The van der Waals surface area contributed by atoms with Crippen molar-refractivity contribution in [2.75, 3.05) is 13.7 Å². The molecule has 1 atom stereocenters. The number of ether oxygens (including phenoxy) is 1. The van der Waals surface area contributed by atoms with E-state index in [1.165, 1.54) is 11.3 Å². The maximum Gasteiger partial charge on any atom is 0.157 e. The number of aromatic nitrogens is 2. The molecule has 88 valence electrons. The quantitative estimate of drug-likeness (QED) is 0.838. The van der Waals surface area contributed by atoms with Crippen LogP contribution in [0.4, 0.5) is 0 Å². The summed E-state index contributed by atoms with van der Waals surface area (Å²) in [6.07, 6.45) is 1.93. The maximum atomic E-state index is 5.29. The van der Waals surface area contributed by atoms with Crippen molar-refractivity contribution in [3.05, 3.63) is 22.8 Å². The van der Waals surface area contributed by atoms with Crippen molar-refractivity contribution >= 4 is 0 Å². The van der Waals surface area contributed by atoms with Gasteiger partial charge in [-0.3, -0.25) is 0 Å². The van der Waals surface area contributed by atoms with Crippen molar-refractivity contribution in [3.8, 4) is 0 Å². The van der Waals surface area contributed by atoms with E-state index in [1.54, 1.807) is 7.11 Å². The molecule has 0 fully saturated rings. The van der Waals surface area contributed by atoms with Gasteiger partial charge in [-0.2, -0.15) is 0 Å². The number of rotatable bonds is 3. The molecule has 2 heterocycles. The van der Waals surface area contributed by atoms with E-state index in [0.29, 0.717) is 0 Å². The Kier molecular flexibility index (Phi) is 3.51. The highest BCUT2D eigenvalue weighted by Gasteiger charge is 2.18. The molecule has 1 aromatic heterocycles. The molecule has 0 aliphatic carbocycles. The van der Waals surface area contributed by atoms with Gasteiger partial charge in [-0.05, 0) is 13.3 Å². The van der Waals surface area contributed by atoms with Crippen LogP contribution in [0.3, 0.4) is 0 Å². The van der Waals surface area contributed by atoms with Crippen molar-refractivity contribution in [2.45, 2.75) is 39.3 Å². The van der Waals surface area contributed by atoms with Gasteiger partial charge in [0.05, 0.1) is 5.69 Å². The first kappa shape index (κ1) is 11.5. The second kappa shape index (κ2) is 4.89. The van der Waals surface area contributed by atoms with Crippen LogP contribution in [0.15, 0.2) is 0 Å². The molecular weight excluding hydrogens is 202 g/mol. The van der Waals surface area contributed by atoms with Crippen LogP contribution in [0.1, 0.15) is 42.7 Å². The van der Waals surface area contributed by atoms with E-state index < -0.39 is 0 Å². The molecule has 2 rings (SSSR count). The van der Waals surface area contributed by atoms with Crippen LogP contribution in [0, 0.1) is 0 Å². The molecule has 0 saturated carbocycles. The lowest BCUT2D eigenvalue weighted by Crippen LogP contribution is -2.27. The summed E-state index contributed by atoms with van der Waals surface area (Å²) in [6.45, 7) is 6.04. The van der Waals surface area contributed by atoms with E-state index in [9.17, 15) is 0 Å². The third-order valence-corrected chi connectivity index (χ3v) is 3.09. The Hall–Kier alpha value is -1.00. The van der Waals surface area contributed by atoms with E-state index in [1.807, 2.05) is 6.92 Å². The minimum Gasteiger partial charge on any atom is -0.374 e. The zero-order valence-electron chi connectivity index (χ0n) is 10.2. The summed E-state index contributed by atoms with van der Waals surface area (Å²) < 4.78 is 5.29.